The van der Waals surface area contributed by atoms with Crippen molar-refractivity contribution in [1.29, 1.82) is 0 Å². The zero-order valence-corrected chi connectivity index (χ0v) is 7.84. The van der Waals surface area contributed by atoms with Crippen LogP contribution in [0.5, 0.6) is 0 Å². The molecule has 0 fully saturated rings. The molecule has 0 saturated heterocycles. The van der Waals surface area contributed by atoms with Gasteiger partial charge in [0, 0.05) is 6.54 Å². The molecule has 5 N–H and O–H groups in total. The van der Waals surface area contributed by atoms with Gasteiger partial charge in [0.2, 0.25) is 5.91 Å². The Bertz CT molecular complexity index is 370. The number of amides is 1. The molecule has 0 aromatic heterocycles. The van der Waals surface area contributed by atoms with Crippen molar-refractivity contribution in [3.63, 3.8) is 0 Å². The van der Waals surface area contributed by atoms with Gasteiger partial charge in [0.25, 0.3) is 0 Å². The van der Waals surface area contributed by atoms with Crippen LogP contribution in [0.25, 0.3) is 0 Å². The Kier molecular flexibility index (Phi) is 3.56. The van der Waals surface area contributed by atoms with E-state index in [4.69, 9.17) is 11.5 Å². The zero-order valence-electron chi connectivity index (χ0n) is 7.84. The van der Waals surface area contributed by atoms with E-state index in [9.17, 15) is 13.6 Å². The van der Waals surface area contributed by atoms with E-state index in [1.807, 2.05) is 0 Å². The van der Waals surface area contributed by atoms with Crippen molar-refractivity contribution < 1.29 is 13.6 Å². The molecule has 0 saturated carbocycles. The van der Waals surface area contributed by atoms with E-state index >= 15 is 0 Å². The largest absolute Gasteiger partial charge is 0.380 e. The third kappa shape index (κ3) is 2.88. The maximum atomic E-state index is 13.1. The summed E-state index contributed by atoms with van der Waals surface area (Å²) >= 11 is 0. The van der Waals surface area contributed by atoms with E-state index in [2.05, 4.69) is 5.32 Å². The predicted octanol–water partition coefficient (Wildman–Crippen LogP) is 0.189. The summed E-state index contributed by atoms with van der Waals surface area (Å²) in [6.45, 7) is -0.0459. The summed E-state index contributed by atoms with van der Waals surface area (Å²) in [5.74, 6) is -2.68. The Balaban J connectivity index is 2.66. The second kappa shape index (κ2) is 4.70. The second-order valence-electron chi connectivity index (χ2n) is 2.99. The van der Waals surface area contributed by atoms with Crippen molar-refractivity contribution in [1.82, 2.24) is 0 Å². The first kappa shape index (κ1) is 11.4. The number of carbonyl (C=O) groups is 1. The number of benzene rings is 1. The molecule has 0 radical (unpaired) electrons. The lowest BCUT2D eigenvalue weighted by Crippen LogP contribution is -2.41. The van der Waals surface area contributed by atoms with Gasteiger partial charge in [0.1, 0.15) is 6.04 Å². The van der Waals surface area contributed by atoms with Crippen LogP contribution >= 0.6 is 0 Å². The third-order valence-corrected chi connectivity index (χ3v) is 1.83. The first-order valence-corrected chi connectivity index (χ1v) is 4.25. The standard InChI is InChI=1S/C9H11F2N3O/c10-5-2-1-3-7(8(5)11)14-4-6(12)9(13)15/h1-3,6,14H,4,12H2,(H2,13,15). The maximum absolute atomic E-state index is 13.1. The average molecular weight is 215 g/mol. The lowest BCUT2D eigenvalue weighted by atomic mass is 10.2. The molecule has 1 aromatic rings. The monoisotopic (exact) mass is 215 g/mol. The number of anilines is 1. The van der Waals surface area contributed by atoms with E-state index in [0.29, 0.717) is 0 Å². The molecule has 15 heavy (non-hydrogen) atoms. The van der Waals surface area contributed by atoms with Gasteiger partial charge in [0.15, 0.2) is 11.6 Å². The average Bonchev–Trinajstić information content (AvgIpc) is 2.19. The maximum Gasteiger partial charge on any atom is 0.236 e. The van der Waals surface area contributed by atoms with Crippen LogP contribution < -0.4 is 16.8 Å². The van der Waals surface area contributed by atoms with Crippen LogP contribution in [0.1, 0.15) is 0 Å². The number of nitrogens with one attached hydrogen (secondary N) is 1. The fourth-order valence-corrected chi connectivity index (χ4v) is 0.961. The summed E-state index contributed by atoms with van der Waals surface area (Å²) in [6.07, 6.45) is 0. The highest BCUT2D eigenvalue weighted by molar-refractivity contribution is 5.80. The Labute approximate surface area is 85.2 Å². The Hall–Kier alpha value is -1.69. The highest BCUT2D eigenvalue weighted by Crippen LogP contribution is 2.15. The Morgan fingerprint density at radius 2 is 2.13 bits per heavy atom. The lowest BCUT2D eigenvalue weighted by Gasteiger charge is -2.11. The van der Waals surface area contributed by atoms with Crippen molar-refractivity contribution in [2.24, 2.45) is 11.5 Å². The van der Waals surface area contributed by atoms with Gasteiger partial charge < -0.3 is 16.8 Å². The quantitative estimate of drug-likeness (QED) is 0.670. The molecule has 1 unspecified atom stereocenters. The molecule has 0 spiro atoms. The van der Waals surface area contributed by atoms with Crippen molar-refractivity contribution >= 4 is 11.6 Å². The van der Waals surface area contributed by atoms with Crippen molar-refractivity contribution in [3.8, 4) is 0 Å². The van der Waals surface area contributed by atoms with Gasteiger partial charge in [-0.15, -0.1) is 0 Å². The van der Waals surface area contributed by atoms with Crippen LogP contribution in [0.3, 0.4) is 0 Å². The molecule has 1 aromatic carbocycles. The first-order chi connectivity index (χ1) is 7.02. The van der Waals surface area contributed by atoms with Crippen LogP contribution in [0.2, 0.25) is 0 Å². The van der Waals surface area contributed by atoms with E-state index in [-0.39, 0.29) is 12.2 Å². The Morgan fingerprint density at radius 1 is 1.47 bits per heavy atom. The minimum atomic E-state index is -1.01. The molecule has 0 aliphatic heterocycles. The summed E-state index contributed by atoms with van der Waals surface area (Å²) in [5, 5.41) is 2.49. The smallest absolute Gasteiger partial charge is 0.236 e. The molecule has 1 rings (SSSR count). The lowest BCUT2D eigenvalue weighted by molar-refractivity contribution is -0.118. The SMILES string of the molecule is NC(=O)C(N)CNc1cccc(F)c1F. The fourth-order valence-electron chi connectivity index (χ4n) is 0.961. The van der Waals surface area contributed by atoms with E-state index in [1.165, 1.54) is 12.1 Å². The highest BCUT2D eigenvalue weighted by atomic mass is 19.2. The number of hydrogen-bond donors (Lipinski definition) is 3. The molecule has 1 atom stereocenters. The Morgan fingerprint density at radius 3 is 2.73 bits per heavy atom. The molecule has 4 nitrogen and oxygen atoms in total. The van der Waals surface area contributed by atoms with Crippen LogP contribution in [0, 0.1) is 11.6 Å². The molecule has 6 heteroatoms. The van der Waals surface area contributed by atoms with Crippen molar-refractivity contribution in [2.75, 3.05) is 11.9 Å². The minimum absolute atomic E-state index is 0.0459. The molecular formula is C9H11F2N3O. The molecule has 0 aliphatic rings. The van der Waals surface area contributed by atoms with Gasteiger partial charge in [-0.05, 0) is 12.1 Å². The van der Waals surface area contributed by atoms with Crippen molar-refractivity contribution in [2.45, 2.75) is 6.04 Å². The van der Waals surface area contributed by atoms with E-state index in [1.54, 1.807) is 0 Å². The van der Waals surface area contributed by atoms with Crippen LogP contribution in [-0.2, 0) is 4.79 Å². The zero-order chi connectivity index (χ0) is 11.4. The van der Waals surface area contributed by atoms with Crippen LogP contribution in [-0.4, -0.2) is 18.5 Å². The number of primary amides is 1. The fraction of sp³-hybridized carbons (Fsp3) is 0.222. The number of hydrogen-bond acceptors (Lipinski definition) is 3. The summed E-state index contributed by atoms with van der Waals surface area (Å²) in [5.41, 5.74) is 10.1. The summed E-state index contributed by atoms with van der Waals surface area (Å²) in [4.78, 5) is 10.6. The van der Waals surface area contributed by atoms with Crippen LogP contribution in [0.4, 0.5) is 14.5 Å². The number of halogens is 2. The molecule has 82 valence electrons. The van der Waals surface area contributed by atoms with E-state index in [0.717, 1.165) is 6.07 Å². The van der Waals surface area contributed by atoms with Gasteiger partial charge >= 0.3 is 0 Å². The van der Waals surface area contributed by atoms with Gasteiger partial charge in [-0.25, -0.2) is 8.78 Å². The van der Waals surface area contributed by atoms with Crippen molar-refractivity contribution in [3.05, 3.63) is 29.8 Å². The molecule has 0 bridgehead atoms. The van der Waals surface area contributed by atoms with Gasteiger partial charge in [-0.2, -0.15) is 0 Å². The van der Waals surface area contributed by atoms with E-state index < -0.39 is 23.6 Å². The minimum Gasteiger partial charge on any atom is -0.380 e. The topological polar surface area (TPSA) is 81.1 Å². The molecule has 0 heterocycles. The van der Waals surface area contributed by atoms with Gasteiger partial charge in [0.05, 0.1) is 5.69 Å². The molecular weight excluding hydrogens is 204 g/mol. The number of nitrogens with two attached hydrogens (primary N) is 2. The normalized spacial score (nSPS) is 12.2. The summed E-state index contributed by atoms with van der Waals surface area (Å²) in [7, 11) is 0. The summed E-state index contributed by atoms with van der Waals surface area (Å²) < 4.78 is 25.8. The highest BCUT2D eigenvalue weighted by Gasteiger charge is 2.11. The second-order valence-corrected chi connectivity index (χ2v) is 2.99. The number of rotatable bonds is 4. The molecule has 0 aliphatic carbocycles. The third-order valence-electron chi connectivity index (χ3n) is 1.83. The first-order valence-electron chi connectivity index (χ1n) is 4.25. The number of carbonyl (C=O) groups excluding carboxylic acids is 1. The van der Waals surface area contributed by atoms with Gasteiger partial charge in [-0.3, -0.25) is 4.79 Å². The van der Waals surface area contributed by atoms with Gasteiger partial charge in [-0.1, -0.05) is 6.07 Å². The summed E-state index contributed by atoms with van der Waals surface area (Å²) in [6, 6.07) is 2.74. The molecule has 1 amide bonds. The predicted molar refractivity (Wildman–Crippen MR) is 52.0 cm³/mol. The van der Waals surface area contributed by atoms with Crippen LogP contribution in [0.15, 0.2) is 18.2 Å².